The Kier molecular flexibility index (Phi) is 13.3. The third-order valence-corrected chi connectivity index (χ3v) is 4.49. The molecule has 1 amide bonds. The second kappa shape index (κ2) is 13.4. The highest BCUT2D eigenvalue weighted by molar-refractivity contribution is 7.98. The minimum absolute atomic E-state index is 0.0970. The van der Waals surface area contributed by atoms with E-state index in [1.54, 1.807) is 0 Å². The molecular formula is C17H35NO2S. The maximum absolute atomic E-state index is 11.7. The summed E-state index contributed by atoms with van der Waals surface area (Å²) in [6.45, 7) is 8.76. The molecule has 0 aliphatic carbocycles. The van der Waals surface area contributed by atoms with E-state index in [1.165, 1.54) is 25.0 Å². The number of hydrogen-bond acceptors (Lipinski definition) is 3. The highest BCUT2D eigenvalue weighted by Crippen LogP contribution is 2.12. The summed E-state index contributed by atoms with van der Waals surface area (Å²) in [7, 11) is 1.89. The highest BCUT2D eigenvalue weighted by Gasteiger charge is 2.11. The molecule has 0 aliphatic rings. The van der Waals surface area contributed by atoms with Gasteiger partial charge in [-0.15, -0.1) is 0 Å². The van der Waals surface area contributed by atoms with Gasteiger partial charge < -0.3 is 9.64 Å². The second-order valence-corrected chi connectivity index (χ2v) is 7.20. The molecule has 0 aromatic carbocycles. The van der Waals surface area contributed by atoms with E-state index in [0.29, 0.717) is 0 Å². The standard InChI is InChI=1S/C17H35NO2S/c1-15(2)17(19)18(4)11-7-9-13-20-12-8-6-10-16(3)14-21-5/h15-16H,6-14H2,1-5H3. The zero-order valence-electron chi connectivity index (χ0n) is 14.7. The van der Waals surface area contributed by atoms with E-state index < -0.39 is 0 Å². The van der Waals surface area contributed by atoms with E-state index in [0.717, 1.165) is 38.5 Å². The van der Waals surface area contributed by atoms with Crippen LogP contribution in [0.15, 0.2) is 0 Å². The molecule has 0 aromatic rings. The first-order chi connectivity index (χ1) is 9.99. The third-order valence-electron chi connectivity index (χ3n) is 3.59. The van der Waals surface area contributed by atoms with Crippen molar-refractivity contribution in [3.05, 3.63) is 0 Å². The van der Waals surface area contributed by atoms with Crippen LogP contribution in [0.4, 0.5) is 0 Å². The quantitative estimate of drug-likeness (QED) is 0.480. The van der Waals surface area contributed by atoms with Gasteiger partial charge in [-0.1, -0.05) is 27.2 Å². The van der Waals surface area contributed by atoms with Gasteiger partial charge in [-0.05, 0) is 43.6 Å². The molecular weight excluding hydrogens is 282 g/mol. The zero-order chi connectivity index (χ0) is 16.1. The summed E-state index contributed by atoms with van der Waals surface area (Å²) in [4.78, 5) is 13.5. The first kappa shape index (κ1) is 20.8. The van der Waals surface area contributed by atoms with Crippen LogP contribution in [0.2, 0.25) is 0 Å². The van der Waals surface area contributed by atoms with Crippen molar-refractivity contribution < 1.29 is 9.53 Å². The molecule has 4 heteroatoms. The predicted molar refractivity (Wildman–Crippen MR) is 93.9 cm³/mol. The van der Waals surface area contributed by atoms with Crippen molar-refractivity contribution in [2.24, 2.45) is 11.8 Å². The molecule has 0 spiro atoms. The van der Waals surface area contributed by atoms with Crippen LogP contribution < -0.4 is 0 Å². The first-order valence-electron chi connectivity index (χ1n) is 8.30. The monoisotopic (exact) mass is 317 g/mol. The molecule has 0 radical (unpaired) electrons. The Balaban J connectivity index is 3.31. The van der Waals surface area contributed by atoms with Gasteiger partial charge in [0.25, 0.3) is 0 Å². The smallest absolute Gasteiger partial charge is 0.224 e. The van der Waals surface area contributed by atoms with Gasteiger partial charge in [-0.25, -0.2) is 0 Å². The fourth-order valence-electron chi connectivity index (χ4n) is 2.27. The van der Waals surface area contributed by atoms with Crippen LogP contribution in [0.5, 0.6) is 0 Å². The average Bonchev–Trinajstić information content (AvgIpc) is 2.44. The summed E-state index contributed by atoms with van der Waals surface area (Å²) in [5.41, 5.74) is 0. The molecule has 0 aromatic heterocycles. The summed E-state index contributed by atoms with van der Waals surface area (Å²) in [6.07, 6.45) is 7.99. The molecule has 0 fully saturated rings. The van der Waals surface area contributed by atoms with Gasteiger partial charge in [0, 0.05) is 32.7 Å². The summed E-state index contributed by atoms with van der Waals surface area (Å²) >= 11 is 1.93. The third kappa shape index (κ3) is 12.0. The van der Waals surface area contributed by atoms with E-state index >= 15 is 0 Å². The Morgan fingerprint density at radius 3 is 2.29 bits per heavy atom. The van der Waals surface area contributed by atoms with Gasteiger partial charge in [0.2, 0.25) is 5.91 Å². The molecule has 1 unspecified atom stereocenters. The molecule has 3 nitrogen and oxygen atoms in total. The van der Waals surface area contributed by atoms with Crippen molar-refractivity contribution in [2.45, 2.75) is 52.9 Å². The minimum atomic E-state index is 0.0970. The normalized spacial score (nSPS) is 12.7. The van der Waals surface area contributed by atoms with Crippen molar-refractivity contribution in [3.8, 4) is 0 Å². The second-order valence-electron chi connectivity index (χ2n) is 6.29. The van der Waals surface area contributed by atoms with Crippen LogP contribution >= 0.6 is 11.8 Å². The lowest BCUT2D eigenvalue weighted by Crippen LogP contribution is -2.31. The van der Waals surface area contributed by atoms with Crippen molar-refractivity contribution >= 4 is 17.7 Å². The summed E-state index contributed by atoms with van der Waals surface area (Å²) < 4.78 is 5.66. The number of unbranched alkanes of at least 4 members (excludes halogenated alkanes) is 2. The number of carbonyl (C=O) groups is 1. The van der Waals surface area contributed by atoms with Crippen LogP contribution in [0, 0.1) is 11.8 Å². The number of thioether (sulfide) groups is 1. The summed E-state index contributed by atoms with van der Waals surface area (Å²) in [6, 6.07) is 0. The number of nitrogens with zero attached hydrogens (tertiary/aromatic N) is 1. The Labute approximate surface area is 136 Å². The van der Waals surface area contributed by atoms with E-state index in [9.17, 15) is 4.79 Å². The maximum atomic E-state index is 11.7. The van der Waals surface area contributed by atoms with Crippen LogP contribution in [0.25, 0.3) is 0 Å². The van der Waals surface area contributed by atoms with E-state index in [-0.39, 0.29) is 11.8 Å². The van der Waals surface area contributed by atoms with Crippen molar-refractivity contribution in [3.63, 3.8) is 0 Å². The van der Waals surface area contributed by atoms with E-state index in [4.69, 9.17) is 4.74 Å². The minimum Gasteiger partial charge on any atom is -0.381 e. The van der Waals surface area contributed by atoms with E-state index in [2.05, 4.69) is 13.2 Å². The van der Waals surface area contributed by atoms with Gasteiger partial charge >= 0.3 is 0 Å². The van der Waals surface area contributed by atoms with Gasteiger partial charge in [-0.3, -0.25) is 4.79 Å². The van der Waals surface area contributed by atoms with Crippen molar-refractivity contribution in [1.82, 2.24) is 4.90 Å². The van der Waals surface area contributed by atoms with Crippen LogP contribution in [-0.4, -0.2) is 49.6 Å². The molecule has 0 aliphatic heterocycles. The van der Waals surface area contributed by atoms with Crippen molar-refractivity contribution in [1.29, 1.82) is 0 Å². The maximum Gasteiger partial charge on any atom is 0.224 e. The van der Waals surface area contributed by atoms with Crippen molar-refractivity contribution in [2.75, 3.05) is 38.8 Å². The van der Waals surface area contributed by atoms with Gasteiger partial charge in [-0.2, -0.15) is 11.8 Å². The Morgan fingerprint density at radius 2 is 1.71 bits per heavy atom. The Hall–Kier alpha value is -0.220. The lowest BCUT2D eigenvalue weighted by atomic mass is 10.1. The molecule has 0 bridgehead atoms. The first-order valence-corrected chi connectivity index (χ1v) is 9.70. The largest absolute Gasteiger partial charge is 0.381 e. The van der Waals surface area contributed by atoms with Gasteiger partial charge in [0.1, 0.15) is 0 Å². The number of carbonyl (C=O) groups excluding carboxylic acids is 1. The number of ether oxygens (including phenoxy) is 1. The van der Waals surface area contributed by atoms with Gasteiger partial charge in [0.05, 0.1) is 0 Å². The lowest BCUT2D eigenvalue weighted by molar-refractivity contribution is -0.133. The molecule has 0 saturated carbocycles. The number of rotatable bonds is 13. The molecule has 0 heterocycles. The molecule has 0 rings (SSSR count). The number of amides is 1. The SMILES string of the molecule is CSCC(C)CCCCOCCCCN(C)C(=O)C(C)C. The fourth-order valence-corrected chi connectivity index (χ4v) is 3.01. The zero-order valence-corrected chi connectivity index (χ0v) is 15.5. The predicted octanol–water partition coefficient (Wildman–Crippen LogP) is 4.07. The average molecular weight is 318 g/mol. The Bertz CT molecular complexity index is 259. The molecule has 1 atom stereocenters. The summed E-state index contributed by atoms with van der Waals surface area (Å²) in [5.74, 6) is 2.42. The molecule has 0 N–H and O–H groups in total. The number of hydrogen-bond donors (Lipinski definition) is 0. The molecule has 126 valence electrons. The molecule has 0 saturated heterocycles. The van der Waals surface area contributed by atoms with Crippen LogP contribution in [0.3, 0.4) is 0 Å². The fraction of sp³-hybridized carbons (Fsp3) is 0.941. The Morgan fingerprint density at radius 1 is 1.10 bits per heavy atom. The van der Waals surface area contributed by atoms with Crippen LogP contribution in [-0.2, 0) is 9.53 Å². The summed E-state index contributed by atoms with van der Waals surface area (Å²) in [5, 5.41) is 0. The van der Waals surface area contributed by atoms with E-state index in [1.807, 2.05) is 37.6 Å². The van der Waals surface area contributed by atoms with Gasteiger partial charge in [0.15, 0.2) is 0 Å². The molecule has 21 heavy (non-hydrogen) atoms. The van der Waals surface area contributed by atoms with Crippen LogP contribution in [0.1, 0.15) is 52.9 Å². The lowest BCUT2D eigenvalue weighted by Gasteiger charge is -2.19. The topological polar surface area (TPSA) is 29.5 Å². The highest BCUT2D eigenvalue weighted by atomic mass is 32.2.